The van der Waals surface area contributed by atoms with E-state index in [1.807, 2.05) is 13.8 Å². The standard InChI is InChI=1S/C8H16O/c1-7(2)4-5-8(3)6-9/h8-9H,1,4-6H2,2-3H3/t8-/m1/s1. The van der Waals surface area contributed by atoms with Gasteiger partial charge in [0.25, 0.3) is 0 Å². The van der Waals surface area contributed by atoms with Crippen LogP contribution in [0.3, 0.4) is 0 Å². The molecule has 0 saturated carbocycles. The van der Waals surface area contributed by atoms with Crippen LogP contribution in [0.2, 0.25) is 0 Å². The van der Waals surface area contributed by atoms with Crippen molar-refractivity contribution < 1.29 is 5.11 Å². The molecular weight excluding hydrogens is 112 g/mol. The van der Waals surface area contributed by atoms with Gasteiger partial charge in [-0.1, -0.05) is 12.5 Å². The third kappa shape index (κ3) is 5.57. The van der Waals surface area contributed by atoms with Gasteiger partial charge in [0.2, 0.25) is 0 Å². The van der Waals surface area contributed by atoms with Crippen molar-refractivity contribution in [1.82, 2.24) is 0 Å². The minimum absolute atomic E-state index is 0.299. The first kappa shape index (κ1) is 8.70. The van der Waals surface area contributed by atoms with Crippen molar-refractivity contribution in [1.29, 1.82) is 0 Å². The normalized spacial score (nSPS) is 13.2. The van der Waals surface area contributed by atoms with Crippen LogP contribution in [0.1, 0.15) is 26.7 Å². The van der Waals surface area contributed by atoms with Crippen LogP contribution in [0.15, 0.2) is 12.2 Å². The molecule has 0 radical (unpaired) electrons. The molecule has 0 aromatic rings. The van der Waals surface area contributed by atoms with Crippen molar-refractivity contribution in [2.45, 2.75) is 26.7 Å². The van der Waals surface area contributed by atoms with Gasteiger partial charge in [0.1, 0.15) is 0 Å². The molecule has 54 valence electrons. The first-order valence-corrected chi connectivity index (χ1v) is 3.42. The Morgan fingerprint density at radius 2 is 2.22 bits per heavy atom. The van der Waals surface area contributed by atoms with Gasteiger partial charge in [-0.15, -0.1) is 6.58 Å². The van der Waals surface area contributed by atoms with Crippen LogP contribution in [0, 0.1) is 5.92 Å². The fourth-order valence-electron chi connectivity index (χ4n) is 0.584. The smallest absolute Gasteiger partial charge is 0.0456 e. The first-order valence-electron chi connectivity index (χ1n) is 3.42. The van der Waals surface area contributed by atoms with Crippen LogP contribution in [0.4, 0.5) is 0 Å². The van der Waals surface area contributed by atoms with E-state index in [1.54, 1.807) is 0 Å². The zero-order valence-electron chi connectivity index (χ0n) is 6.35. The molecule has 0 spiro atoms. The van der Waals surface area contributed by atoms with Crippen molar-refractivity contribution in [2.75, 3.05) is 6.61 Å². The molecule has 1 N–H and O–H groups in total. The van der Waals surface area contributed by atoms with E-state index in [9.17, 15) is 0 Å². The molecule has 0 fully saturated rings. The highest BCUT2D eigenvalue weighted by Gasteiger charge is 1.97. The molecule has 0 unspecified atom stereocenters. The number of hydrogen-bond donors (Lipinski definition) is 1. The molecule has 0 aliphatic rings. The second-order valence-corrected chi connectivity index (χ2v) is 2.78. The van der Waals surface area contributed by atoms with Gasteiger partial charge in [-0.3, -0.25) is 0 Å². The predicted octanol–water partition coefficient (Wildman–Crippen LogP) is 1.97. The Morgan fingerprint density at radius 3 is 2.56 bits per heavy atom. The van der Waals surface area contributed by atoms with E-state index in [4.69, 9.17) is 5.11 Å². The highest BCUT2D eigenvalue weighted by atomic mass is 16.3. The maximum atomic E-state index is 8.62. The molecule has 0 aromatic heterocycles. The minimum atomic E-state index is 0.299. The van der Waals surface area contributed by atoms with Crippen molar-refractivity contribution in [3.05, 3.63) is 12.2 Å². The lowest BCUT2D eigenvalue weighted by Crippen LogP contribution is -1.99. The van der Waals surface area contributed by atoms with E-state index in [1.165, 1.54) is 5.57 Å². The summed E-state index contributed by atoms with van der Waals surface area (Å²) in [6.07, 6.45) is 2.10. The third-order valence-corrected chi connectivity index (χ3v) is 1.38. The van der Waals surface area contributed by atoms with Crippen molar-refractivity contribution in [3.8, 4) is 0 Å². The van der Waals surface area contributed by atoms with Crippen molar-refractivity contribution in [3.63, 3.8) is 0 Å². The van der Waals surface area contributed by atoms with E-state index in [-0.39, 0.29) is 0 Å². The van der Waals surface area contributed by atoms with Crippen LogP contribution in [0.5, 0.6) is 0 Å². The number of hydrogen-bond acceptors (Lipinski definition) is 1. The van der Waals surface area contributed by atoms with E-state index in [0.717, 1.165) is 12.8 Å². The van der Waals surface area contributed by atoms with E-state index in [0.29, 0.717) is 12.5 Å². The third-order valence-electron chi connectivity index (χ3n) is 1.38. The van der Waals surface area contributed by atoms with Crippen LogP contribution in [0.25, 0.3) is 0 Å². The van der Waals surface area contributed by atoms with Gasteiger partial charge < -0.3 is 5.11 Å². The highest BCUT2D eigenvalue weighted by Crippen LogP contribution is 2.08. The van der Waals surface area contributed by atoms with Gasteiger partial charge in [0, 0.05) is 6.61 Å². The Labute approximate surface area is 57.4 Å². The molecule has 0 bridgehead atoms. The molecule has 1 nitrogen and oxygen atoms in total. The Morgan fingerprint density at radius 1 is 1.67 bits per heavy atom. The quantitative estimate of drug-likeness (QED) is 0.574. The molecular formula is C8H16O. The lowest BCUT2D eigenvalue weighted by Gasteiger charge is -2.05. The molecule has 0 aliphatic heterocycles. The fraction of sp³-hybridized carbons (Fsp3) is 0.750. The summed E-state index contributed by atoms with van der Waals surface area (Å²) < 4.78 is 0. The number of aliphatic hydroxyl groups is 1. The molecule has 9 heavy (non-hydrogen) atoms. The Hall–Kier alpha value is -0.300. The summed E-state index contributed by atoms with van der Waals surface area (Å²) in [5.74, 6) is 0.432. The molecule has 0 aromatic carbocycles. The SMILES string of the molecule is C=C(C)CC[C@@H](C)CO. The fourth-order valence-corrected chi connectivity index (χ4v) is 0.584. The number of aliphatic hydroxyl groups excluding tert-OH is 1. The highest BCUT2D eigenvalue weighted by molar-refractivity contribution is 4.87. The maximum absolute atomic E-state index is 8.62. The summed E-state index contributed by atoms with van der Waals surface area (Å²) in [4.78, 5) is 0. The van der Waals surface area contributed by atoms with Crippen LogP contribution in [-0.2, 0) is 0 Å². The van der Waals surface area contributed by atoms with E-state index >= 15 is 0 Å². The Bertz CT molecular complexity index is 86.6. The lowest BCUT2D eigenvalue weighted by atomic mass is 10.0. The largest absolute Gasteiger partial charge is 0.396 e. The van der Waals surface area contributed by atoms with Crippen LogP contribution < -0.4 is 0 Å². The minimum Gasteiger partial charge on any atom is -0.396 e. The second-order valence-electron chi connectivity index (χ2n) is 2.78. The van der Waals surface area contributed by atoms with Gasteiger partial charge in [0.15, 0.2) is 0 Å². The van der Waals surface area contributed by atoms with Gasteiger partial charge in [-0.05, 0) is 25.7 Å². The average Bonchev–Trinajstić information content (AvgIpc) is 1.83. The molecule has 0 rings (SSSR count). The van der Waals surface area contributed by atoms with E-state index < -0.39 is 0 Å². The summed E-state index contributed by atoms with van der Waals surface area (Å²) in [6.45, 7) is 8.14. The van der Waals surface area contributed by atoms with Gasteiger partial charge >= 0.3 is 0 Å². The zero-order valence-corrected chi connectivity index (χ0v) is 6.35. The molecule has 0 amide bonds. The molecule has 1 atom stereocenters. The first-order chi connectivity index (χ1) is 4.16. The Kier molecular flexibility index (Phi) is 4.41. The second kappa shape index (κ2) is 4.57. The van der Waals surface area contributed by atoms with E-state index in [2.05, 4.69) is 6.58 Å². The van der Waals surface area contributed by atoms with Gasteiger partial charge in [0.05, 0.1) is 0 Å². The zero-order chi connectivity index (χ0) is 7.28. The summed E-state index contributed by atoms with van der Waals surface area (Å²) in [5.41, 5.74) is 1.20. The van der Waals surface area contributed by atoms with Gasteiger partial charge in [-0.25, -0.2) is 0 Å². The topological polar surface area (TPSA) is 20.2 Å². The molecule has 0 saturated heterocycles. The van der Waals surface area contributed by atoms with Crippen molar-refractivity contribution in [2.24, 2.45) is 5.92 Å². The number of rotatable bonds is 4. The van der Waals surface area contributed by atoms with Crippen molar-refractivity contribution >= 4 is 0 Å². The molecule has 0 aliphatic carbocycles. The van der Waals surface area contributed by atoms with Crippen LogP contribution in [-0.4, -0.2) is 11.7 Å². The van der Waals surface area contributed by atoms with Crippen LogP contribution >= 0.6 is 0 Å². The molecule has 1 heteroatoms. The average molecular weight is 128 g/mol. The summed E-state index contributed by atoms with van der Waals surface area (Å²) in [5, 5.41) is 8.62. The predicted molar refractivity (Wildman–Crippen MR) is 40.3 cm³/mol. The molecule has 0 heterocycles. The summed E-state index contributed by atoms with van der Waals surface area (Å²) in [6, 6.07) is 0. The lowest BCUT2D eigenvalue weighted by molar-refractivity contribution is 0.230. The summed E-state index contributed by atoms with van der Waals surface area (Å²) >= 11 is 0. The Balaban J connectivity index is 3.16. The monoisotopic (exact) mass is 128 g/mol. The maximum Gasteiger partial charge on any atom is 0.0456 e. The summed E-state index contributed by atoms with van der Waals surface area (Å²) in [7, 11) is 0. The van der Waals surface area contributed by atoms with Gasteiger partial charge in [-0.2, -0.15) is 0 Å². The number of allylic oxidation sites excluding steroid dienone is 1.